The lowest BCUT2D eigenvalue weighted by Crippen LogP contribution is -2.25. The fourth-order valence-corrected chi connectivity index (χ4v) is 4.11. The van der Waals surface area contributed by atoms with Gasteiger partial charge < -0.3 is 5.32 Å². The SMILES string of the molecule is CCCNC(c1ccc(-c2ccc(Cl)cc2C)s1)C(C)C. The highest BCUT2D eigenvalue weighted by atomic mass is 35.5. The molecule has 1 atom stereocenters. The maximum absolute atomic E-state index is 6.05. The molecule has 0 aliphatic rings. The zero-order chi connectivity index (χ0) is 15.4. The Kier molecular flexibility index (Phi) is 5.86. The Balaban J connectivity index is 2.27. The van der Waals surface area contributed by atoms with Crippen molar-refractivity contribution in [2.45, 2.75) is 40.2 Å². The predicted octanol–water partition coefficient (Wildman–Crippen LogP) is 6.07. The zero-order valence-corrected chi connectivity index (χ0v) is 14.8. The Labute approximate surface area is 137 Å². The van der Waals surface area contributed by atoms with Crippen LogP contribution in [0.3, 0.4) is 0 Å². The summed E-state index contributed by atoms with van der Waals surface area (Å²) in [6, 6.07) is 11.1. The smallest absolute Gasteiger partial charge is 0.0438 e. The molecule has 0 spiro atoms. The zero-order valence-electron chi connectivity index (χ0n) is 13.2. The van der Waals surface area contributed by atoms with Gasteiger partial charge >= 0.3 is 0 Å². The first-order valence-electron chi connectivity index (χ1n) is 7.62. The minimum Gasteiger partial charge on any atom is -0.309 e. The average Bonchev–Trinajstić information content (AvgIpc) is 2.88. The highest BCUT2D eigenvalue weighted by Crippen LogP contribution is 2.36. The maximum atomic E-state index is 6.05. The molecule has 1 aromatic carbocycles. The van der Waals surface area contributed by atoms with Gasteiger partial charge in [0.15, 0.2) is 0 Å². The summed E-state index contributed by atoms with van der Waals surface area (Å²) in [6.07, 6.45) is 1.16. The second-order valence-corrected chi connectivity index (χ2v) is 7.39. The monoisotopic (exact) mass is 321 g/mol. The summed E-state index contributed by atoms with van der Waals surface area (Å²) in [4.78, 5) is 2.74. The van der Waals surface area contributed by atoms with Crippen LogP contribution in [0, 0.1) is 12.8 Å². The van der Waals surface area contributed by atoms with Gasteiger partial charge in [-0.25, -0.2) is 0 Å². The van der Waals surface area contributed by atoms with Crippen LogP contribution in [0.5, 0.6) is 0 Å². The van der Waals surface area contributed by atoms with E-state index in [4.69, 9.17) is 11.6 Å². The van der Waals surface area contributed by atoms with Crippen LogP contribution in [0.1, 0.15) is 43.7 Å². The lowest BCUT2D eigenvalue weighted by atomic mass is 10.0. The van der Waals surface area contributed by atoms with E-state index in [2.05, 4.69) is 51.2 Å². The van der Waals surface area contributed by atoms with E-state index < -0.39 is 0 Å². The van der Waals surface area contributed by atoms with Crippen molar-refractivity contribution in [3.8, 4) is 10.4 Å². The number of nitrogens with one attached hydrogen (secondary N) is 1. The summed E-state index contributed by atoms with van der Waals surface area (Å²) in [6.45, 7) is 9.95. The van der Waals surface area contributed by atoms with Crippen molar-refractivity contribution in [1.29, 1.82) is 0 Å². The molecule has 0 radical (unpaired) electrons. The third kappa shape index (κ3) is 4.09. The summed E-state index contributed by atoms with van der Waals surface area (Å²) in [5.74, 6) is 0.592. The molecule has 0 saturated heterocycles. The van der Waals surface area contributed by atoms with Gasteiger partial charge in [-0.2, -0.15) is 0 Å². The summed E-state index contributed by atoms with van der Waals surface area (Å²) < 4.78 is 0. The van der Waals surface area contributed by atoms with Crippen molar-refractivity contribution in [1.82, 2.24) is 5.32 Å². The first kappa shape index (κ1) is 16.5. The Morgan fingerprint density at radius 3 is 2.57 bits per heavy atom. The van der Waals surface area contributed by atoms with Gasteiger partial charge in [0.25, 0.3) is 0 Å². The van der Waals surface area contributed by atoms with Gasteiger partial charge in [-0.1, -0.05) is 38.4 Å². The fraction of sp³-hybridized carbons (Fsp3) is 0.444. The van der Waals surface area contributed by atoms with Crippen molar-refractivity contribution in [3.63, 3.8) is 0 Å². The first-order valence-corrected chi connectivity index (χ1v) is 8.82. The molecule has 0 fully saturated rings. The summed E-state index contributed by atoms with van der Waals surface area (Å²) in [5, 5.41) is 4.47. The van der Waals surface area contributed by atoms with Crippen LogP contribution in [-0.2, 0) is 0 Å². The van der Waals surface area contributed by atoms with Gasteiger partial charge in [0.2, 0.25) is 0 Å². The lowest BCUT2D eigenvalue weighted by molar-refractivity contribution is 0.418. The van der Waals surface area contributed by atoms with E-state index in [9.17, 15) is 0 Å². The van der Waals surface area contributed by atoms with Gasteiger partial charge in [0, 0.05) is 20.8 Å². The van der Waals surface area contributed by atoms with Crippen LogP contribution in [0.25, 0.3) is 10.4 Å². The number of thiophene rings is 1. The molecule has 2 aromatic rings. The standard InChI is InChI=1S/C18H24ClNS/c1-5-10-20-18(12(2)3)17-9-8-16(21-17)15-7-6-14(19)11-13(15)4/h6-9,11-12,18,20H,5,10H2,1-4H3. The van der Waals surface area contributed by atoms with Crippen LogP contribution in [-0.4, -0.2) is 6.54 Å². The molecular formula is C18H24ClNS. The Morgan fingerprint density at radius 2 is 1.95 bits per heavy atom. The predicted molar refractivity (Wildman–Crippen MR) is 95.4 cm³/mol. The van der Waals surface area contributed by atoms with Crippen LogP contribution in [0.15, 0.2) is 30.3 Å². The molecule has 114 valence electrons. The van der Waals surface area contributed by atoms with Crippen LogP contribution in [0.4, 0.5) is 0 Å². The number of rotatable bonds is 6. The van der Waals surface area contributed by atoms with Gasteiger partial charge in [-0.15, -0.1) is 11.3 Å². The molecule has 0 saturated carbocycles. The molecule has 3 heteroatoms. The number of halogens is 1. The van der Waals surface area contributed by atoms with Crippen molar-refractivity contribution in [3.05, 3.63) is 45.8 Å². The minimum atomic E-state index is 0.441. The Morgan fingerprint density at radius 1 is 1.19 bits per heavy atom. The highest BCUT2D eigenvalue weighted by molar-refractivity contribution is 7.15. The van der Waals surface area contributed by atoms with Crippen molar-refractivity contribution >= 4 is 22.9 Å². The Bertz CT molecular complexity index is 589. The summed E-state index contributed by atoms with van der Waals surface area (Å²) in [7, 11) is 0. The molecule has 1 aromatic heterocycles. The molecule has 1 N–H and O–H groups in total. The van der Waals surface area contributed by atoms with Crippen LogP contribution < -0.4 is 5.32 Å². The largest absolute Gasteiger partial charge is 0.309 e. The second-order valence-electron chi connectivity index (χ2n) is 5.84. The molecule has 1 heterocycles. The van der Waals surface area contributed by atoms with E-state index in [1.165, 1.54) is 20.9 Å². The molecule has 21 heavy (non-hydrogen) atoms. The van der Waals surface area contributed by atoms with E-state index in [1.54, 1.807) is 0 Å². The lowest BCUT2D eigenvalue weighted by Gasteiger charge is -2.21. The van der Waals surface area contributed by atoms with E-state index in [0.717, 1.165) is 18.0 Å². The van der Waals surface area contributed by atoms with E-state index >= 15 is 0 Å². The Hall–Kier alpha value is -0.830. The molecule has 1 nitrogen and oxygen atoms in total. The fourth-order valence-electron chi connectivity index (χ4n) is 2.53. The molecular weight excluding hydrogens is 298 g/mol. The maximum Gasteiger partial charge on any atom is 0.0438 e. The quantitative estimate of drug-likeness (QED) is 0.680. The van der Waals surface area contributed by atoms with Gasteiger partial charge in [-0.3, -0.25) is 0 Å². The van der Waals surface area contributed by atoms with E-state index in [0.29, 0.717) is 12.0 Å². The molecule has 2 rings (SSSR count). The first-order chi connectivity index (χ1) is 10.0. The number of benzene rings is 1. The van der Waals surface area contributed by atoms with E-state index in [-0.39, 0.29) is 0 Å². The van der Waals surface area contributed by atoms with Crippen molar-refractivity contribution in [2.24, 2.45) is 5.92 Å². The van der Waals surface area contributed by atoms with Crippen LogP contribution >= 0.6 is 22.9 Å². The van der Waals surface area contributed by atoms with Crippen molar-refractivity contribution in [2.75, 3.05) is 6.54 Å². The topological polar surface area (TPSA) is 12.0 Å². The number of aryl methyl sites for hydroxylation is 1. The average molecular weight is 322 g/mol. The van der Waals surface area contributed by atoms with Gasteiger partial charge in [0.05, 0.1) is 0 Å². The van der Waals surface area contributed by atoms with Crippen molar-refractivity contribution < 1.29 is 0 Å². The number of hydrogen-bond acceptors (Lipinski definition) is 2. The third-order valence-corrected chi connectivity index (χ3v) is 5.10. The van der Waals surface area contributed by atoms with E-state index in [1.807, 2.05) is 23.5 Å². The number of hydrogen-bond donors (Lipinski definition) is 1. The molecule has 0 aliphatic carbocycles. The normalized spacial score (nSPS) is 12.9. The highest BCUT2D eigenvalue weighted by Gasteiger charge is 2.17. The second kappa shape index (κ2) is 7.44. The molecule has 1 unspecified atom stereocenters. The van der Waals surface area contributed by atoms with Crippen LogP contribution in [0.2, 0.25) is 5.02 Å². The molecule has 0 bridgehead atoms. The van der Waals surface area contributed by atoms with Gasteiger partial charge in [-0.05, 0) is 61.2 Å². The summed E-state index contributed by atoms with van der Waals surface area (Å²) >= 11 is 7.94. The summed E-state index contributed by atoms with van der Waals surface area (Å²) in [5.41, 5.74) is 2.52. The molecule has 0 aliphatic heterocycles. The van der Waals surface area contributed by atoms with Gasteiger partial charge in [0.1, 0.15) is 0 Å². The third-order valence-electron chi connectivity index (χ3n) is 3.67. The molecule has 0 amide bonds. The minimum absolute atomic E-state index is 0.441.